The van der Waals surface area contributed by atoms with Crippen LogP contribution in [0, 0.1) is 0 Å². The van der Waals surface area contributed by atoms with Crippen molar-refractivity contribution >= 4 is 11.9 Å². The van der Waals surface area contributed by atoms with Crippen molar-refractivity contribution in [2.24, 2.45) is 16.5 Å². The van der Waals surface area contributed by atoms with Crippen molar-refractivity contribution in [2.45, 2.75) is 83.1 Å². The number of carbonyl (C=O) groups is 1. The molecule has 8 N–H and O–H groups in total. The molecule has 1 aliphatic rings. The molecule has 1 amide bonds. The number of carbonyl (C=O) groups excluding carboxylic acids is 1. The standard InChI is InChI=1S/C36H51N7O/c37-36(38)41-23-7-13-34(42-26-30-18-20-32(21-19-30)31-9-3-1-4-10-31)35(44)43-27-29-16-14-28(15-17-29)25-39-22-8-24-40-33-11-5-2-6-12-33/h1,3-4,9-10,14-21,33-34,39-40,42H,2,5-8,11-13,22-27H2,(H,43,44)(H4,37,38,41)/t34-/m0/s1. The number of hydrogen-bond acceptors (Lipinski definition) is 5. The molecule has 1 saturated carbocycles. The Morgan fingerprint density at radius 2 is 1.39 bits per heavy atom. The molecule has 1 atom stereocenters. The zero-order valence-corrected chi connectivity index (χ0v) is 26.1. The van der Waals surface area contributed by atoms with Crippen LogP contribution in [-0.2, 0) is 24.4 Å². The minimum absolute atomic E-state index is 0.0248. The maximum absolute atomic E-state index is 13.2. The molecule has 8 nitrogen and oxygen atoms in total. The largest absolute Gasteiger partial charge is 0.370 e. The molecule has 3 aromatic carbocycles. The first-order valence-corrected chi connectivity index (χ1v) is 16.3. The van der Waals surface area contributed by atoms with Crippen LogP contribution in [0.4, 0.5) is 0 Å². The van der Waals surface area contributed by atoms with Crippen LogP contribution < -0.4 is 32.7 Å². The number of amides is 1. The van der Waals surface area contributed by atoms with Gasteiger partial charge in [-0.1, -0.05) is 98.1 Å². The molecule has 0 bridgehead atoms. The first-order chi connectivity index (χ1) is 21.6. The molecule has 0 aromatic heterocycles. The van der Waals surface area contributed by atoms with E-state index in [1.165, 1.54) is 48.8 Å². The lowest BCUT2D eigenvalue weighted by molar-refractivity contribution is -0.123. The van der Waals surface area contributed by atoms with E-state index < -0.39 is 0 Å². The molecule has 1 fully saturated rings. The average molecular weight is 598 g/mol. The third-order valence-corrected chi connectivity index (χ3v) is 8.26. The van der Waals surface area contributed by atoms with Crippen LogP contribution in [0.5, 0.6) is 0 Å². The number of nitrogens with one attached hydrogen (secondary N) is 4. The van der Waals surface area contributed by atoms with E-state index in [-0.39, 0.29) is 17.9 Å². The third-order valence-electron chi connectivity index (χ3n) is 8.26. The summed E-state index contributed by atoms with van der Waals surface area (Å²) < 4.78 is 0. The molecule has 236 valence electrons. The van der Waals surface area contributed by atoms with Gasteiger partial charge in [0, 0.05) is 32.2 Å². The molecule has 0 unspecified atom stereocenters. The monoisotopic (exact) mass is 597 g/mol. The summed E-state index contributed by atoms with van der Waals surface area (Å²) in [5.74, 6) is 0.0472. The highest BCUT2D eigenvalue weighted by atomic mass is 16.2. The van der Waals surface area contributed by atoms with E-state index in [0.29, 0.717) is 32.5 Å². The molecule has 3 aromatic rings. The van der Waals surface area contributed by atoms with Gasteiger partial charge in [-0.25, -0.2) is 0 Å². The molecule has 44 heavy (non-hydrogen) atoms. The van der Waals surface area contributed by atoms with Crippen LogP contribution in [0.25, 0.3) is 11.1 Å². The summed E-state index contributed by atoms with van der Waals surface area (Å²) in [6, 6.07) is 27.6. The van der Waals surface area contributed by atoms with E-state index in [2.05, 4.69) is 86.9 Å². The first kappa shape index (κ1) is 33.2. The van der Waals surface area contributed by atoms with Crippen molar-refractivity contribution in [3.8, 4) is 11.1 Å². The van der Waals surface area contributed by atoms with E-state index in [1.807, 2.05) is 18.2 Å². The van der Waals surface area contributed by atoms with Crippen LogP contribution in [0.1, 0.15) is 68.1 Å². The third kappa shape index (κ3) is 12.1. The van der Waals surface area contributed by atoms with Crippen LogP contribution in [-0.4, -0.2) is 43.6 Å². The van der Waals surface area contributed by atoms with Crippen LogP contribution in [0.15, 0.2) is 83.9 Å². The van der Waals surface area contributed by atoms with Gasteiger partial charge in [0.05, 0.1) is 6.04 Å². The Morgan fingerprint density at radius 1 is 0.750 bits per heavy atom. The number of guanidine groups is 1. The SMILES string of the molecule is NC(N)=NCCC[C@H](NCc1ccc(-c2ccccc2)cc1)C(=O)NCc1ccc(CNCCCNC2CCCCC2)cc1. The second kappa shape index (κ2) is 18.8. The predicted octanol–water partition coefficient (Wildman–Crippen LogP) is 4.58. The molecule has 0 spiro atoms. The molecule has 0 radical (unpaired) electrons. The van der Waals surface area contributed by atoms with Crippen molar-refractivity contribution in [3.05, 3.63) is 95.6 Å². The van der Waals surface area contributed by atoms with Crippen molar-refractivity contribution in [1.29, 1.82) is 0 Å². The molecule has 8 heteroatoms. The lowest BCUT2D eigenvalue weighted by atomic mass is 9.95. The van der Waals surface area contributed by atoms with E-state index >= 15 is 0 Å². The van der Waals surface area contributed by atoms with Gasteiger partial charge in [-0.2, -0.15) is 0 Å². The lowest BCUT2D eigenvalue weighted by Gasteiger charge is -2.22. The fourth-order valence-corrected chi connectivity index (χ4v) is 5.66. The quantitative estimate of drug-likeness (QED) is 0.0723. The van der Waals surface area contributed by atoms with Crippen LogP contribution in [0.2, 0.25) is 0 Å². The normalized spacial score (nSPS) is 14.2. The number of benzene rings is 3. The average Bonchev–Trinajstić information content (AvgIpc) is 3.06. The highest BCUT2D eigenvalue weighted by molar-refractivity contribution is 5.81. The zero-order chi connectivity index (χ0) is 30.8. The van der Waals surface area contributed by atoms with Gasteiger partial charge >= 0.3 is 0 Å². The van der Waals surface area contributed by atoms with Crippen molar-refractivity contribution in [2.75, 3.05) is 19.6 Å². The van der Waals surface area contributed by atoms with Gasteiger partial charge in [0.25, 0.3) is 0 Å². The van der Waals surface area contributed by atoms with Gasteiger partial charge in [0.15, 0.2) is 5.96 Å². The minimum atomic E-state index is -0.353. The van der Waals surface area contributed by atoms with Crippen molar-refractivity contribution in [1.82, 2.24) is 21.3 Å². The van der Waals surface area contributed by atoms with Gasteiger partial charge in [0.1, 0.15) is 0 Å². The van der Waals surface area contributed by atoms with E-state index in [9.17, 15) is 4.79 Å². The molecule has 0 heterocycles. The minimum Gasteiger partial charge on any atom is -0.370 e. The Balaban J connectivity index is 1.19. The topological polar surface area (TPSA) is 130 Å². The van der Waals surface area contributed by atoms with Crippen LogP contribution >= 0.6 is 0 Å². The summed E-state index contributed by atoms with van der Waals surface area (Å²) >= 11 is 0. The molecule has 0 saturated heterocycles. The predicted molar refractivity (Wildman–Crippen MR) is 182 cm³/mol. The number of nitrogens with two attached hydrogens (primary N) is 2. The summed E-state index contributed by atoms with van der Waals surface area (Å²) in [5.41, 5.74) is 16.8. The summed E-state index contributed by atoms with van der Waals surface area (Å²) in [7, 11) is 0. The van der Waals surface area contributed by atoms with Crippen LogP contribution in [0.3, 0.4) is 0 Å². The molecule has 1 aliphatic carbocycles. The maximum atomic E-state index is 13.2. The van der Waals surface area contributed by atoms with E-state index in [1.54, 1.807) is 0 Å². The first-order valence-electron chi connectivity index (χ1n) is 16.3. The Hall–Kier alpha value is -3.72. The van der Waals surface area contributed by atoms with Gasteiger partial charge in [-0.05, 0) is 73.0 Å². The Bertz CT molecular complexity index is 1250. The summed E-state index contributed by atoms with van der Waals surface area (Å²) in [6.07, 6.45) is 9.29. The highest BCUT2D eigenvalue weighted by Crippen LogP contribution is 2.19. The van der Waals surface area contributed by atoms with Gasteiger partial charge in [-0.3, -0.25) is 9.79 Å². The van der Waals surface area contributed by atoms with E-state index in [4.69, 9.17) is 11.5 Å². The number of aliphatic imine (C=N–C) groups is 1. The molecule has 0 aliphatic heterocycles. The second-order valence-electron chi connectivity index (χ2n) is 11.8. The number of rotatable bonds is 18. The van der Waals surface area contributed by atoms with Crippen molar-refractivity contribution < 1.29 is 4.79 Å². The Morgan fingerprint density at radius 3 is 2.09 bits per heavy atom. The molecule has 4 rings (SSSR count). The highest BCUT2D eigenvalue weighted by Gasteiger charge is 2.17. The van der Waals surface area contributed by atoms with Gasteiger partial charge in [-0.15, -0.1) is 0 Å². The van der Waals surface area contributed by atoms with Gasteiger partial charge in [0.2, 0.25) is 5.91 Å². The van der Waals surface area contributed by atoms with Gasteiger partial charge < -0.3 is 32.7 Å². The summed E-state index contributed by atoms with van der Waals surface area (Å²) in [4.78, 5) is 17.3. The van der Waals surface area contributed by atoms with Crippen molar-refractivity contribution in [3.63, 3.8) is 0 Å². The maximum Gasteiger partial charge on any atom is 0.237 e. The zero-order valence-electron chi connectivity index (χ0n) is 26.1. The fourth-order valence-electron chi connectivity index (χ4n) is 5.66. The lowest BCUT2D eigenvalue weighted by Crippen LogP contribution is -2.43. The fraction of sp³-hybridized carbons (Fsp3) is 0.444. The Labute approximate surface area is 263 Å². The summed E-state index contributed by atoms with van der Waals surface area (Å²) in [5, 5.41) is 13.8. The molecular formula is C36H51N7O. The second-order valence-corrected chi connectivity index (χ2v) is 11.8. The molecular weight excluding hydrogens is 546 g/mol. The number of nitrogens with zero attached hydrogens (tertiary/aromatic N) is 1. The summed E-state index contributed by atoms with van der Waals surface area (Å²) in [6.45, 7) is 4.51. The number of hydrogen-bond donors (Lipinski definition) is 6. The van der Waals surface area contributed by atoms with E-state index in [0.717, 1.165) is 43.2 Å². The Kier molecular flexibility index (Phi) is 14.2. The smallest absolute Gasteiger partial charge is 0.237 e.